The van der Waals surface area contributed by atoms with Crippen molar-refractivity contribution in [1.29, 1.82) is 0 Å². The molecular formula is C15H26N4S. The molecule has 2 N–H and O–H groups in total. The number of nitrogens with zero attached hydrogens (tertiary/aromatic N) is 3. The lowest BCUT2D eigenvalue weighted by Crippen LogP contribution is -2.38. The van der Waals surface area contributed by atoms with Gasteiger partial charge in [-0.05, 0) is 18.8 Å². The van der Waals surface area contributed by atoms with Crippen LogP contribution in [-0.4, -0.2) is 22.0 Å². The van der Waals surface area contributed by atoms with Gasteiger partial charge in [0.15, 0.2) is 10.8 Å². The summed E-state index contributed by atoms with van der Waals surface area (Å²) in [5, 5.41) is 2.06. The molecule has 5 heteroatoms. The summed E-state index contributed by atoms with van der Waals surface area (Å²) in [7, 11) is 0. The molecule has 0 fully saturated rings. The number of anilines is 1. The van der Waals surface area contributed by atoms with Crippen molar-refractivity contribution in [2.24, 2.45) is 11.7 Å². The van der Waals surface area contributed by atoms with Crippen molar-refractivity contribution < 1.29 is 0 Å². The zero-order valence-corrected chi connectivity index (χ0v) is 13.8. The summed E-state index contributed by atoms with van der Waals surface area (Å²) in [6.45, 7) is 10.6. The van der Waals surface area contributed by atoms with Crippen molar-refractivity contribution in [1.82, 2.24) is 9.38 Å². The van der Waals surface area contributed by atoms with Crippen molar-refractivity contribution in [2.45, 2.75) is 53.1 Å². The molecule has 0 spiro atoms. The SMILES string of the molecule is CCC(CC)N(CC(C)C)c1nc2sccn2c1CN. The molecular weight excluding hydrogens is 268 g/mol. The van der Waals surface area contributed by atoms with Crippen LogP contribution in [0.2, 0.25) is 0 Å². The lowest BCUT2D eigenvalue weighted by molar-refractivity contribution is 0.502. The lowest BCUT2D eigenvalue weighted by atomic mass is 10.1. The fourth-order valence-electron chi connectivity index (χ4n) is 2.77. The monoisotopic (exact) mass is 294 g/mol. The van der Waals surface area contributed by atoms with Gasteiger partial charge in [-0.1, -0.05) is 27.7 Å². The maximum Gasteiger partial charge on any atom is 0.195 e. The smallest absolute Gasteiger partial charge is 0.195 e. The number of imidazole rings is 1. The summed E-state index contributed by atoms with van der Waals surface area (Å²) in [5.41, 5.74) is 7.12. The summed E-state index contributed by atoms with van der Waals surface area (Å²) in [4.78, 5) is 8.35. The molecule has 2 heterocycles. The van der Waals surface area contributed by atoms with Gasteiger partial charge in [-0.3, -0.25) is 4.40 Å². The van der Waals surface area contributed by atoms with Crippen LogP contribution in [-0.2, 0) is 6.54 Å². The van der Waals surface area contributed by atoms with Crippen LogP contribution in [0.25, 0.3) is 4.96 Å². The molecule has 2 rings (SSSR count). The second-order valence-corrected chi connectivity index (χ2v) is 6.53. The van der Waals surface area contributed by atoms with Crippen LogP contribution < -0.4 is 10.6 Å². The van der Waals surface area contributed by atoms with Gasteiger partial charge in [0, 0.05) is 30.7 Å². The minimum atomic E-state index is 0.530. The predicted octanol–water partition coefficient (Wildman–Crippen LogP) is 3.51. The Morgan fingerprint density at radius 1 is 1.35 bits per heavy atom. The van der Waals surface area contributed by atoms with E-state index in [1.54, 1.807) is 11.3 Å². The number of hydrogen-bond acceptors (Lipinski definition) is 4. The summed E-state index contributed by atoms with van der Waals surface area (Å²) in [6.07, 6.45) is 4.34. The zero-order valence-electron chi connectivity index (χ0n) is 13.0. The van der Waals surface area contributed by atoms with Gasteiger partial charge < -0.3 is 10.6 Å². The molecule has 20 heavy (non-hydrogen) atoms. The number of aromatic nitrogens is 2. The van der Waals surface area contributed by atoms with Crippen LogP contribution in [0.3, 0.4) is 0 Å². The van der Waals surface area contributed by atoms with Crippen LogP contribution in [0, 0.1) is 5.92 Å². The molecule has 0 radical (unpaired) electrons. The Labute approximate surface area is 125 Å². The van der Waals surface area contributed by atoms with E-state index in [-0.39, 0.29) is 0 Å². The van der Waals surface area contributed by atoms with Gasteiger partial charge in [0.05, 0.1) is 5.69 Å². The largest absolute Gasteiger partial charge is 0.352 e. The highest BCUT2D eigenvalue weighted by Gasteiger charge is 2.23. The van der Waals surface area contributed by atoms with Gasteiger partial charge >= 0.3 is 0 Å². The molecule has 0 aliphatic heterocycles. The Morgan fingerprint density at radius 2 is 2.05 bits per heavy atom. The predicted molar refractivity (Wildman–Crippen MR) is 87.5 cm³/mol. The van der Waals surface area contributed by atoms with Gasteiger partial charge in [0.1, 0.15) is 0 Å². The number of hydrogen-bond donors (Lipinski definition) is 1. The number of fused-ring (bicyclic) bond motifs is 1. The van der Waals surface area contributed by atoms with E-state index in [2.05, 4.69) is 48.6 Å². The fraction of sp³-hybridized carbons (Fsp3) is 0.667. The molecule has 0 aliphatic rings. The third-order valence-corrected chi connectivity index (χ3v) is 4.51. The molecule has 0 aromatic carbocycles. The fourth-order valence-corrected chi connectivity index (χ4v) is 3.50. The third kappa shape index (κ3) is 2.83. The van der Waals surface area contributed by atoms with E-state index < -0.39 is 0 Å². The second-order valence-electron chi connectivity index (χ2n) is 5.66. The van der Waals surface area contributed by atoms with E-state index in [4.69, 9.17) is 10.7 Å². The molecule has 0 saturated carbocycles. The molecule has 0 saturated heterocycles. The minimum absolute atomic E-state index is 0.530. The summed E-state index contributed by atoms with van der Waals surface area (Å²) in [5.74, 6) is 1.70. The topological polar surface area (TPSA) is 46.6 Å². The van der Waals surface area contributed by atoms with E-state index in [1.807, 2.05) is 0 Å². The normalized spacial score (nSPS) is 11.9. The lowest BCUT2D eigenvalue weighted by Gasteiger charge is -2.33. The Balaban J connectivity index is 2.46. The minimum Gasteiger partial charge on any atom is -0.352 e. The van der Waals surface area contributed by atoms with E-state index >= 15 is 0 Å². The number of thiazole rings is 1. The first kappa shape index (κ1) is 15.3. The molecule has 0 unspecified atom stereocenters. The Kier molecular flexibility index (Phi) is 5.05. The van der Waals surface area contributed by atoms with E-state index in [0.717, 1.165) is 35.9 Å². The summed E-state index contributed by atoms with van der Waals surface area (Å²) < 4.78 is 2.13. The second kappa shape index (κ2) is 6.59. The maximum absolute atomic E-state index is 5.99. The average Bonchev–Trinajstić information content (AvgIpc) is 2.98. The van der Waals surface area contributed by atoms with Crippen LogP contribution in [0.15, 0.2) is 11.6 Å². The van der Waals surface area contributed by atoms with Crippen LogP contribution in [0.5, 0.6) is 0 Å². The van der Waals surface area contributed by atoms with Crippen LogP contribution in [0.1, 0.15) is 46.2 Å². The Bertz CT molecular complexity index is 539. The summed E-state index contributed by atoms with van der Waals surface area (Å²) >= 11 is 1.67. The van der Waals surface area contributed by atoms with Crippen molar-refractivity contribution in [3.05, 3.63) is 17.3 Å². The zero-order chi connectivity index (χ0) is 14.7. The van der Waals surface area contributed by atoms with Crippen molar-refractivity contribution in [2.75, 3.05) is 11.4 Å². The summed E-state index contributed by atoms with van der Waals surface area (Å²) in [6, 6.07) is 0.535. The first-order valence-electron chi connectivity index (χ1n) is 7.53. The first-order valence-corrected chi connectivity index (χ1v) is 8.41. The highest BCUT2D eigenvalue weighted by atomic mass is 32.1. The van der Waals surface area contributed by atoms with Gasteiger partial charge in [0.2, 0.25) is 0 Å². The standard InChI is InChI=1S/C15H26N4S/c1-5-12(6-2)19(10-11(3)4)14-13(9-16)18-7-8-20-15(18)17-14/h7-8,11-12H,5-6,9-10,16H2,1-4H3. The van der Waals surface area contributed by atoms with Crippen LogP contribution >= 0.6 is 11.3 Å². The highest BCUT2D eigenvalue weighted by Crippen LogP contribution is 2.28. The molecule has 2 aromatic heterocycles. The van der Waals surface area contributed by atoms with Gasteiger partial charge in [0.25, 0.3) is 0 Å². The molecule has 0 aliphatic carbocycles. The molecule has 2 aromatic rings. The van der Waals surface area contributed by atoms with Crippen molar-refractivity contribution in [3.8, 4) is 0 Å². The third-order valence-electron chi connectivity index (χ3n) is 3.75. The Hall–Kier alpha value is -1.07. The van der Waals surface area contributed by atoms with Crippen molar-refractivity contribution >= 4 is 22.1 Å². The van der Waals surface area contributed by atoms with Gasteiger partial charge in [-0.2, -0.15) is 0 Å². The Morgan fingerprint density at radius 3 is 2.60 bits per heavy atom. The molecule has 4 nitrogen and oxygen atoms in total. The highest BCUT2D eigenvalue weighted by molar-refractivity contribution is 7.15. The molecule has 0 amide bonds. The molecule has 112 valence electrons. The van der Waals surface area contributed by atoms with E-state index in [0.29, 0.717) is 18.5 Å². The number of rotatable bonds is 7. The van der Waals surface area contributed by atoms with Gasteiger partial charge in [-0.25, -0.2) is 4.98 Å². The molecule has 0 bridgehead atoms. The maximum atomic E-state index is 5.99. The average molecular weight is 294 g/mol. The number of nitrogens with two attached hydrogens (primary N) is 1. The van der Waals surface area contributed by atoms with Gasteiger partial charge in [-0.15, -0.1) is 11.3 Å². The van der Waals surface area contributed by atoms with E-state index in [1.165, 1.54) is 0 Å². The van der Waals surface area contributed by atoms with Crippen molar-refractivity contribution in [3.63, 3.8) is 0 Å². The van der Waals surface area contributed by atoms with E-state index in [9.17, 15) is 0 Å². The van der Waals surface area contributed by atoms with Crippen LogP contribution in [0.4, 0.5) is 5.82 Å². The quantitative estimate of drug-likeness (QED) is 0.850. The first-order chi connectivity index (χ1) is 9.62. The molecule has 0 atom stereocenters.